The normalized spacial score (nSPS) is 11.5. The van der Waals surface area contributed by atoms with Gasteiger partial charge in [-0.2, -0.15) is 5.26 Å². The van der Waals surface area contributed by atoms with Gasteiger partial charge in [-0.25, -0.2) is 0 Å². The number of methoxy groups -OCH3 is 1. The Morgan fingerprint density at radius 2 is 1.83 bits per heavy atom. The maximum atomic E-state index is 12.9. The third kappa shape index (κ3) is 8.30. The molecule has 8 heteroatoms. The number of ether oxygens (including phenoxy) is 3. The van der Waals surface area contributed by atoms with E-state index in [-0.39, 0.29) is 30.6 Å². The Balaban J connectivity index is 2.20. The van der Waals surface area contributed by atoms with Gasteiger partial charge in [0.05, 0.1) is 36.5 Å². The summed E-state index contributed by atoms with van der Waals surface area (Å²) >= 11 is 0. The van der Waals surface area contributed by atoms with Gasteiger partial charge in [0.25, 0.3) is 11.8 Å². The molecule has 0 unspecified atom stereocenters. The Morgan fingerprint density at radius 3 is 2.46 bits per heavy atom. The zero-order valence-corrected chi connectivity index (χ0v) is 21.1. The molecule has 0 radical (unpaired) electrons. The van der Waals surface area contributed by atoms with Crippen molar-refractivity contribution in [2.24, 2.45) is 0 Å². The monoisotopic (exact) mass is 481 g/mol. The molecule has 0 saturated carbocycles. The second-order valence-corrected chi connectivity index (χ2v) is 8.43. The van der Waals surface area contributed by atoms with E-state index in [0.29, 0.717) is 41.2 Å². The van der Waals surface area contributed by atoms with Gasteiger partial charge in [0, 0.05) is 19.7 Å². The second-order valence-electron chi connectivity index (χ2n) is 8.43. The Bertz CT molecular complexity index is 1050. The molecule has 2 aromatic rings. The van der Waals surface area contributed by atoms with Gasteiger partial charge in [0.2, 0.25) is 0 Å². The molecule has 0 aliphatic carbocycles. The van der Waals surface area contributed by atoms with E-state index < -0.39 is 0 Å². The Morgan fingerprint density at radius 1 is 1.09 bits per heavy atom. The topological polar surface area (TPSA) is 110 Å². The molecule has 0 aliphatic rings. The number of hydrogen-bond donors (Lipinski definition) is 2. The number of rotatable bonds is 13. The third-order valence-corrected chi connectivity index (χ3v) is 5.18. The van der Waals surface area contributed by atoms with Crippen LogP contribution in [0, 0.1) is 11.3 Å². The van der Waals surface area contributed by atoms with Gasteiger partial charge in [-0.1, -0.05) is 19.4 Å². The summed E-state index contributed by atoms with van der Waals surface area (Å²) in [5, 5.41) is 15.1. The van der Waals surface area contributed by atoms with Gasteiger partial charge in [-0.15, -0.1) is 0 Å². The molecule has 2 rings (SSSR count). The van der Waals surface area contributed by atoms with Crippen LogP contribution in [0.25, 0.3) is 0 Å². The highest BCUT2D eigenvalue weighted by Crippen LogP contribution is 2.23. The molecule has 8 nitrogen and oxygen atoms in total. The summed E-state index contributed by atoms with van der Waals surface area (Å²) in [5.74, 6) is 0.404. The standard InChI is InChI=1S/C27H35N3O5/c1-6-7-12-34-25-10-8-19(14-23(25)27(32)29-4)13-22(17-33-5)30-26(31)20-9-11-24(35-18(2)3)21(15-20)16-28/h8-11,14-15,18,22H,6-7,12-13,17H2,1-5H3,(H,29,32)(H,30,31)/t22-/m0/s1. The first-order valence-corrected chi connectivity index (χ1v) is 11.8. The van der Waals surface area contributed by atoms with Gasteiger partial charge in [-0.3, -0.25) is 9.59 Å². The molecule has 1 atom stereocenters. The third-order valence-electron chi connectivity index (χ3n) is 5.18. The van der Waals surface area contributed by atoms with Crippen LogP contribution in [0.4, 0.5) is 0 Å². The fraction of sp³-hybridized carbons (Fsp3) is 0.444. The van der Waals surface area contributed by atoms with Crippen LogP contribution in [0.2, 0.25) is 0 Å². The Kier molecular flexibility index (Phi) is 11.0. The lowest BCUT2D eigenvalue weighted by molar-refractivity contribution is 0.0895. The van der Waals surface area contributed by atoms with Crippen LogP contribution in [0.3, 0.4) is 0 Å². The summed E-state index contributed by atoms with van der Waals surface area (Å²) in [6.07, 6.45) is 2.25. The first kappa shape index (κ1) is 27.7. The lowest BCUT2D eigenvalue weighted by Crippen LogP contribution is -2.39. The van der Waals surface area contributed by atoms with Crippen LogP contribution < -0.4 is 20.1 Å². The Hall–Kier alpha value is -3.57. The van der Waals surface area contributed by atoms with Crippen LogP contribution in [0.15, 0.2) is 36.4 Å². The minimum Gasteiger partial charge on any atom is -0.493 e. The van der Waals surface area contributed by atoms with E-state index in [1.54, 1.807) is 38.4 Å². The van der Waals surface area contributed by atoms with Crippen molar-refractivity contribution in [3.8, 4) is 17.6 Å². The molecule has 0 saturated heterocycles. The molecule has 0 bridgehead atoms. The second kappa shape index (κ2) is 14.0. The molecule has 0 aromatic heterocycles. The van der Waals surface area contributed by atoms with Crippen LogP contribution in [-0.4, -0.2) is 51.3 Å². The van der Waals surface area contributed by atoms with Gasteiger partial charge >= 0.3 is 0 Å². The van der Waals surface area contributed by atoms with Gasteiger partial charge in [0.15, 0.2) is 0 Å². The fourth-order valence-corrected chi connectivity index (χ4v) is 3.49. The molecular weight excluding hydrogens is 446 g/mol. The van der Waals surface area contributed by atoms with Crippen molar-refractivity contribution in [2.75, 3.05) is 27.4 Å². The number of unbranched alkanes of at least 4 members (excludes halogenated alkanes) is 1. The van der Waals surface area contributed by atoms with E-state index in [1.165, 1.54) is 6.07 Å². The summed E-state index contributed by atoms with van der Waals surface area (Å²) in [5.41, 5.74) is 1.95. The Labute approximate surface area is 207 Å². The van der Waals surface area contributed by atoms with Gasteiger partial charge < -0.3 is 24.8 Å². The molecule has 2 N–H and O–H groups in total. The molecule has 0 heterocycles. The zero-order valence-electron chi connectivity index (χ0n) is 21.1. The molecule has 0 fully saturated rings. The predicted molar refractivity (Wildman–Crippen MR) is 134 cm³/mol. The van der Waals surface area contributed by atoms with Crippen LogP contribution in [-0.2, 0) is 11.2 Å². The lowest BCUT2D eigenvalue weighted by atomic mass is 10.0. The molecule has 2 aromatic carbocycles. The highest BCUT2D eigenvalue weighted by molar-refractivity contribution is 5.97. The smallest absolute Gasteiger partial charge is 0.254 e. The van der Waals surface area contributed by atoms with E-state index in [9.17, 15) is 14.9 Å². The predicted octanol–water partition coefficient (Wildman–Crippen LogP) is 3.87. The van der Waals surface area contributed by atoms with Crippen molar-refractivity contribution in [2.45, 2.75) is 52.2 Å². The van der Waals surface area contributed by atoms with Crippen LogP contribution in [0.1, 0.15) is 65.5 Å². The van der Waals surface area contributed by atoms with E-state index >= 15 is 0 Å². The van der Waals surface area contributed by atoms with E-state index in [2.05, 4.69) is 23.6 Å². The van der Waals surface area contributed by atoms with Crippen molar-refractivity contribution < 1.29 is 23.8 Å². The maximum Gasteiger partial charge on any atom is 0.254 e. The van der Waals surface area contributed by atoms with Crippen molar-refractivity contribution in [3.63, 3.8) is 0 Å². The van der Waals surface area contributed by atoms with Crippen molar-refractivity contribution in [1.29, 1.82) is 5.26 Å². The number of nitrogens with one attached hydrogen (secondary N) is 2. The molecule has 188 valence electrons. The van der Waals surface area contributed by atoms with Gasteiger partial charge in [0.1, 0.15) is 17.6 Å². The van der Waals surface area contributed by atoms with Crippen molar-refractivity contribution in [3.05, 3.63) is 58.7 Å². The first-order chi connectivity index (χ1) is 16.8. The largest absolute Gasteiger partial charge is 0.493 e. The lowest BCUT2D eigenvalue weighted by Gasteiger charge is -2.20. The minimum absolute atomic E-state index is 0.0871. The first-order valence-electron chi connectivity index (χ1n) is 11.8. The van der Waals surface area contributed by atoms with E-state index in [4.69, 9.17) is 14.2 Å². The summed E-state index contributed by atoms with van der Waals surface area (Å²) in [6, 6.07) is 12.0. The fourth-order valence-electron chi connectivity index (χ4n) is 3.49. The number of hydrogen-bond acceptors (Lipinski definition) is 6. The summed E-state index contributed by atoms with van der Waals surface area (Å²) < 4.78 is 16.7. The van der Waals surface area contributed by atoms with Crippen LogP contribution in [0.5, 0.6) is 11.5 Å². The number of nitrogens with zero attached hydrogens (tertiary/aromatic N) is 1. The number of carbonyl (C=O) groups excluding carboxylic acids is 2. The van der Waals surface area contributed by atoms with Crippen molar-refractivity contribution >= 4 is 11.8 Å². The molecular formula is C27H35N3O5. The van der Waals surface area contributed by atoms with Crippen LogP contribution >= 0.6 is 0 Å². The molecule has 2 amide bonds. The molecule has 0 aliphatic heterocycles. The summed E-state index contributed by atoms with van der Waals surface area (Å²) in [6.45, 7) is 6.63. The van der Waals surface area contributed by atoms with Crippen molar-refractivity contribution in [1.82, 2.24) is 10.6 Å². The average molecular weight is 482 g/mol. The quantitative estimate of drug-likeness (QED) is 0.420. The van der Waals surface area contributed by atoms with Gasteiger partial charge in [-0.05, 0) is 62.6 Å². The number of carbonyl (C=O) groups is 2. The maximum absolute atomic E-state index is 12.9. The number of nitriles is 1. The van der Waals surface area contributed by atoms with E-state index in [0.717, 1.165) is 18.4 Å². The highest BCUT2D eigenvalue weighted by atomic mass is 16.5. The molecule has 35 heavy (non-hydrogen) atoms. The summed E-state index contributed by atoms with van der Waals surface area (Å²) in [4.78, 5) is 25.4. The summed E-state index contributed by atoms with van der Waals surface area (Å²) in [7, 11) is 3.14. The minimum atomic E-state index is -0.353. The number of amides is 2. The average Bonchev–Trinajstić information content (AvgIpc) is 2.84. The molecule has 0 spiro atoms. The SMILES string of the molecule is CCCCOc1ccc(C[C@@H](COC)NC(=O)c2ccc(OC(C)C)c(C#N)c2)cc1C(=O)NC. The zero-order chi connectivity index (χ0) is 25.8. The van der Waals surface area contributed by atoms with E-state index in [1.807, 2.05) is 19.9 Å². The highest BCUT2D eigenvalue weighted by Gasteiger charge is 2.19. The number of benzene rings is 2.